The van der Waals surface area contributed by atoms with Crippen molar-refractivity contribution in [1.29, 1.82) is 0 Å². The number of aliphatic imine (C=N–C) groups is 1. The first-order valence-electron chi connectivity index (χ1n) is 9.23. The van der Waals surface area contributed by atoms with E-state index in [9.17, 15) is 0 Å². The fraction of sp³-hybridized carbons (Fsp3) is 0.381. The van der Waals surface area contributed by atoms with Crippen molar-refractivity contribution < 1.29 is 4.74 Å². The van der Waals surface area contributed by atoms with Crippen LogP contribution in [-0.2, 0) is 17.9 Å². The number of anilines is 1. The van der Waals surface area contributed by atoms with Crippen LogP contribution >= 0.6 is 15.9 Å². The van der Waals surface area contributed by atoms with Gasteiger partial charge in [-0.25, -0.2) is 0 Å². The predicted molar refractivity (Wildman–Crippen MR) is 115 cm³/mol. The summed E-state index contributed by atoms with van der Waals surface area (Å²) in [5.74, 6) is 0.839. The summed E-state index contributed by atoms with van der Waals surface area (Å²) in [5.41, 5.74) is 3.65. The van der Waals surface area contributed by atoms with Crippen molar-refractivity contribution in [1.82, 2.24) is 10.6 Å². The number of halogens is 1. The van der Waals surface area contributed by atoms with E-state index in [4.69, 9.17) is 4.74 Å². The Balaban J connectivity index is 1.52. The van der Waals surface area contributed by atoms with Gasteiger partial charge in [0, 0.05) is 44.3 Å². The molecule has 1 heterocycles. The minimum atomic E-state index is 0.378. The smallest absolute Gasteiger partial charge is 0.191 e. The molecule has 1 atom stereocenters. The van der Waals surface area contributed by atoms with E-state index in [1.54, 1.807) is 7.11 Å². The van der Waals surface area contributed by atoms with E-state index in [-0.39, 0.29) is 0 Å². The molecule has 1 aliphatic heterocycles. The van der Waals surface area contributed by atoms with Crippen LogP contribution in [-0.4, -0.2) is 39.2 Å². The molecule has 0 spiro atoms. The molecule has 1 aliphatic rings. The average molecular weight is 431 g/mol. The van der Waals surface area contributed by atoms with Crippen molar-refractivity contribution in [2.75, 3.05) is 32.1 Å². The van der Waals surface area contributed by atoms with Gasteiger partial charge in [-0.2, -0.15) is 0 Å². The van der Waals surface area contributed by atoms with Gasteiger partial charge in [0.1, 0.15) is 0 Å². The molecule has 1 unspecified atom stereocenters. The molecular formula is C21H27BrN4O. The van der Waals surface area contributed by atoms with Crippen molar-refractivity contribution in [3.8, 4) is 0 Å². The zero-order chi connectivity index (χ0) is 19.1. The van der Waals surface area contributed by atoms with Crippen LogP contribution in [0.4, 0.5) is 5.69 Å². The van der Waals surface area contributed by atoms with E-state index in [0.717, 1.165) is 36.5 Å². The van der Waals surface area contributed by atoms with Crippen LogP contribution in [0.25, 0.3) is 0 Å². The van der Waals surface area contributed by atoms with E-state index in [1.165, 1.54) is 16.8 Å². The van der Waals surface area contributed by atoms with Crippen molar-refractivity contribution in [2.24, 2.45) is 4.99 Å². The molecule has 144 valence electrons. The number of nitrogens with zero attached hydrogens (tertiary/aromatic N) is 2. The molecule has 0 saturated carbocycles. The molecule has 1 saturated heterocycles. The highest BCUT2D eigenvalue weighted by molar-refractivity contribution is 9.10. The van der Waals surface area contributed by atoms with Crippen molar-refractivity contribution in [2.45, 2.75) is 25.6 Å². The first-order chi connectivity index (χ1) is 13.2. The standard InChI is InChI=1S/C21H27BrN4O/c1-23-21(24-13-16-6-5-7-17(12-16)15-27-2)25-18-10-11-26(14-18)20-9-4-3-8-19(20)22/h3-9,12,18H,10-11,13-15H2,1-2H3,(H2,23,24,25). The zero-order valence-electron chi connectivity index (χ0n) is 15.9. The number of para-hydroxylation sites is 1. The Labute approximate surface area is 170 Å². The Hall–Kier alpha value is -2.05. The lowest BCUT2D eigenvalue weighted by Gasteiger charge is -2.21. The number of methoxy groups -OCH3 is 1. The number of guanidine groups is 1. The summed E-state index contributed by atoms with van der Waals surface area (Å²) in [4.78, 5) is 6.79. The van der Waals surface area contributed by atoms with Gasteiger partial charge < -0.3 is 20.3 Å². The molecule has 0 aromatic heterocycles. The lowest BCUT2D eigenvalue weighted by Crippen LogP contribution is -2.44. The number of hydrogen-bond acceptors (Lipinski definition) is 3. The number of ether oxygens (including phenoxy) is 1. The van der Waals surface area contributed by atoms with Gasteiger partial charge in [-0.05, 0) is 45.6 Å². The molecule has 0 amide bonds. The Bertz CT molecular complexity index is 780. The minimum Gasteiger partial charge on any atom is -0.380 e. The number of nitrogens with one attached hydrogen (secondary N) is 2. The van der Waals surface area contributed by atoms with Gasteiger partial charge in [-0.1, -0.05) is 36.4 Å². The molecule has 0 bridgehead atoms. The van der Waals surface area contributed by atoms with Crippen molar-refractivity contribution in [3.05, 3.63) is 64.1 Å². The first-order valence-corrected chi connectivity index (χ1v) is 10.0. The van der Waals surface area contributed by atoms with Gasteiger partial charge in [-0.15, -0.1) is 0 Å². The molecule has 6 heteroatoms. The highest BCUT2D eigenvalue weighted by atomic mass is 79.9. The zero-order valence-corrected chi connectivity index (χ0v) is 17.5. The first kappa shape index (κ1) is 19.7. The molecule has 0 radical (unpaired) electrons. The SMILES string of the molecule is CN=C(NCc1cccc(COC)c1)NC1CCN(c2ccccc2Br)C1. The molecular weight excluding hydrogens is 404 g/mol. The fourth-order valence-electron chi connectivity index (χ4n) is 3.37. The number of benzene rings is 2. The van der Waals surface area contributed by atoms with Crippen molar-refractivity contribution >= 4 is 27.6 Å². The molecule has 0 aliphatic carbocycles. The second-order valence-corrected chi connectivity index (χ2v) is 7.56. The second-order valence-electron chi connectivity index (χ2n) is 6.71. The van der Waals surface area contributed by atoms with Gasteiger partial charge in [0.25, 0.3) is 0 Å². The molecule has 3 rings (SSSR count). The molecule has 27 heavy (non-hydrogen) atoms. The van der Waals surface area contributed by atoms with Crippen LogP contribution in [0.3, 0.4) is 0 Å². The quantitative estimate of drug-likeness (QED) is 0.543. The Morgan fingerprint density at radius 3 is 2.81 bits per heavy atom. The summed E-state index contributed by atoms with van der Waals surface area (Å²) in [6.45, 7) is 3.37. The minimum absolute atomic E-state index is 0.378. The Morgan fingerprint density at radius 2 is 2.04 bits per heavy atom. The third-order valence-electron chi connectivity index (χ3n) is 4.71. The van der Waals surface area contributed by atoms with Gasteiger partial charge in [0.05, 0.1) is 12.3 Å². The lowest BCUT2D eigenvalue weighted by atomic mass is 10.1. The third-order valence-corrected chi connectivity index (χ3v) is 5.38. The molecule has 2 aromatic rings. The van der Waals surface area contributed by atoms with Gasteiger partial charge >= 0.3 is 0 Å². The number of hydrogen-bond donors (Lipinski definition) is 2. The van der Waals surface area contributed by atoms with E-state index >= 15 is 0 Å². The Kier molecular flexibility index (Phi) is 7.12. The summed E-state index contributed by atoms with van der Waals surface area (Å²) in [6, 6.07) is 17.2. The fourth-order valence-corrected chi connectivity index (χ4v) is 3.91. The third kappa shape index (κ3) is 5.47. The summed E-state index contributed by atoms with van der Waals surface area (Å²) in [5, 5.41) is 6.97. The van der Waals surface area contributed by atoms with Crippen LogP contribution in [0.2, 0.25) is 0 Å². The maximum absolute atomic E-state index is 5.21. The van der Waals surface area contributed by atoms with Crippen LogP contribution in [0, 0.1) is 0 Å². The van der Waals surface area contributed by atoms with Crippen LogP contribution in [0.1, 0.15) is 17.5 Å². The summed E-state index contributed by atoms with van der Waals surface area (Å²) >= 11 is 3.65. The second kappa shape index (κ2) is 9.76. The monoisotopic (exact) mass is 430 g/mol. The normalized spacial score (nSPS) is 17.2. The lowest BCUT2D eigenvalue weighted by molar-refractivity contribution is 0.185. The largest absolute Gasteiger partial charge is 0.380 e. The van der Waals surface area contributed by atoms with E-state index in [1.807, 2.05) is 13.1 Å². The maximum atomic E-state index is 5.21. The molecule has 1 fully saturated rings. The van der Waals surface area contributed by atoms with E-state index in [0.29, 0.717) is 12.6 Å². The van der Waals surface area contributed by atoms with Crippen LogP contribution in [0.15, 0.2) is 58.0 Å². The topological polar surface area (TPSA) is 48.9 Å². The Morgan fingerprint density at radius 1 is 1.22 bits per heavy atom. The maximum Gasteiger partial charge on any atom is 0.191 e. The highest BCUT2D eigenvalue weighted by Gasteiger charge is 2.24. The number of rotatable bonds is 6. The highest BCUT2D eigenvalue weighted by Crippen LogP contribution is 2.28. The van der Waals surface area contributed by atoms with Crippen LogP contribution < -0.4 is 15.5 Å². The molecule has 2 N–H and O–H groups in total. The average Bonchev–Trinajstić information content (AvgIpc) is 3.14. The van der Waals surface area contributed by atoms with Crippen molar-refractivity contribution in [3.63, 3.8) is 0 Å². The predicted octanol–water partition coefficient (Wildman–Crippen LogP) is 3.54. The summed E-state index contributed by atoms with van der Waals surface area (Å²) < 4.78 is 6.35. The van der Waals surface area contributed by atoms with Crippen LogP contribution in [0.5, 0.6) is 0 Å². The van der Waals surface area contributed by atoms with E-state index < -0.39 is 0 Å². The van der Waals surface area contributed by atoms with Gasteiger partial charge in [0.15, 0.2) is 5.96 Å². The van der Waals surface area contributed by atoms with Gasteiger partial charge in [0.2, 0.25) is 0 Å². The summed E-state index contributed by atoms with van der Waals surface area (Å²) in [7, 11) is 3.53. The van der Waals surface area contributed by atoms with E-state index in [2.05, 4.69) is 78.9 Å². The molecule has 2 aromatic carbocycles. The molecule has 5 nitrogen and oxygen atoms in total. The summed E-state index contributed by atoms with van der Waals surface area (Å²) in [6.07, 6.45) is 1.09. The van der Waals surface area contributed by atoms with Gasteiger partial charge in [-0.3, -0.25) is 4.99 Å².